The third-order valence-electron chi connectivity index (χ3n) is 4.71. The highest BCUT2D eigenvalue weighted by Crippen LogP contribution is 2.61. The molecule has 1 saturated carbocycles. The molecule has 16 heavy (non-hydrogen) atoms. The lowest BCUT2D eigenvalue weighted by molar-refractivity contribution is 0.278. The first-order valence-corrected chi connectivity index (χ1v) is 7.00. The van der Waals surface area contributed by atoms with E-state index in [4.69, 9.17) is 0 Å². The second-order valence-corrected chi connectivity index (χ2v) is 5.43. The number of nitrogens with one attached hydrogen (secondary N) is 1. The predicted octanol–water partition coefficient (Wildman–Crippen LogP) is 4.00. The Morgan fingerprint density at radius 2 is 2.06 bits per heavy atom. The summed E-state index contributed by atoms with van der Waals surface area (Å²) < 4.78 is 0. The second-order valence-electron chi connectivity index (χ2n) is 5.43. The Balaban J connectivity index is 2.57. The third kappa shape index (κ3) is 2.68. The van der Waals surface area contributed by atoms with E-state index in [2.05, 4.69) is 45.7 Å². The van der Waals surface area contributed by atoms with Crippen LogP contribution in [0.5, 0.6) is 0 Å². The molecule has 0 amide bonds. The molecule has 1 fully saturated rings. The van der Waals surface area contributed by atoms with Crippen molar-refractivity contribution in [2.75, 3.05) is 6.54 Å². The Labute approximate surface area is 102 Å². The van der Waals surface area contributed by atoms with E-state index in [9.17, 15) is 0 Å². The Hall–Kier alpha value is -0.300. The molecule has 0 radical (unpaired) electrons. The molecule has 94 valence electrons. The van der Waals surface area contributed by atoms with Gasteiger partial charge in [0.15, 0.2) is 0 Å². The van der Waals surface area contributed by atoms with Crippen molar-refractivity contribution in [1.82, 2.24) is 5.32 Å². The van der Waals surface area contributed by atoms with Gasteiger partial charge in [-0.15, -0.1) is 6.58 Å². The molecule has 0 saturated heterocycles. The van der Waals surface area contributed by atoms with Gasteiger partial charge in [0.1, 0.15) is 0 Å². The molecule has 4 unspecified atom stereocenters. The lowest BCUT2D eigenvalue weighted by Gasteiger charge is -2.28. The molecule has 0 bridgehead atoms. The fourth-order valence-electron chi connectivity index (χ4n) is 3.34. The maximum absolute atomic E-state index is 4.07. The predicted molar refractivity (Wildman–Crippen MR) is 72.6 cm³/mol. The van der Waals surface area contributed by atoms with Crippen molar-refractivity contribution in [3.05, 3.63) is 12.7 Å². The van der Waals surface area contributed by atoms with Crippen molar-refractivity contribution in [3.63, 3.8) is 0 Å². The first-order valence-electron chi connectivity index (χ1n) is 7.00. The largest absolute Gasteiger partial charge is 0.314 e. The Kier molecular flexibility index (Phi) is 5.04. The van der Waals surface area contributed by atoms with E-state index in [0.717, 1.165) is 12.5 Å². The summed E-state index contributed by atoms with van der Waals surface area (Å²) >= 11 is 0. The van der Waals surface area contributed by atoms with Crippen LogP contribution in [0.1, 0.15) is 53.4 Å². The van der Waals surface area contributed by atoms with E-state index >= 15 is 0 Å². The summed E-state index contributed by atoms with van der Waals surface area (Å²) in [5, 5.41) is 3.59. The van der Waals surface area contributed by atoms with Gasteiger partial charge >= 0.3 is 0 Å². The molecule has 1 N–H and O–H groups in total. The molecule has 0 aromatic carbocycles. The molecule has 1 aliphatic carbocycles. The van der Waals surface area contributed by atoms with Crippen LogP contribution in [0.25, 0.3) is 0 Å². The van der Waals surface area contributed by atoms with Crippen molar-refractivity contribution in [2.24, 2.45) is 17.3 Å². The number of allylic oxidation sites excluding steroid dienone is 1. The minimum absolute atomic E-state index is 0.588. The lowest BCUT2D eigenvalue weighted by atomic mass is 9.80. The highest BCUT2D eigenvalue weighted by atomic mass is 14.9. The maximum atomic E-state index is 4.07. The van der Waals surface area contributed by atoms with Crippen molar-refractivity contribution < 1.29 is 0 Å². The summed E-state index contributed by atoms with van der Waals surface area (Å²) in [5.74, 6) is 1.61. The summed E-state index contributed by atoms with van der Waals surface area (Å²) in [6.07, 6.45) is 7.43. The molecular formula is C15H29N. The van der Waals surface area contributed by atoms with Crippen LogP contribution in [-0.4, -0.2) is 12.6 Å². The van der Waals surface area contributed by atoms with Crippen LogP contribution in [0.3, 0.4) is 0 Å². The second kappa shape index (κ2) is 5.86. The van der Waals surface area contributed by atoms with Gasteiger partial charge in [-0.3, -0.25) is 0 Å². The monoisotopic (exact) mass is 223 g/mol. The van der Waals surface area contributed by atoms with Gasteiger partial charge in [0, 0.05) is 6.04 Å². The molecular weight excluding hydrogens is 194 g/mol. The first kappa shape index (κ1) is 13.8. The molecule has 0 heterocycles. The van der Waals surface area contributed by atoms with Crippen molar-refractivity contribution >= 4 is 0 Å². The van der Waals surface area contributed by atoms with Gasteiger partial charge < -0.3 is 5.32 Å². The standard InChI is InChI=1S/C15H29N/c1-6-13(10-14(7-2)16-9-4)15(8-3)11-12(15)5/h6,12-14,16H,1,7-11H2,2-5H3. The Bertz CT molecular complexity index is 219. The molecule has 1 heteroatoms. The molecule has 1 rings (SSSR count). The van der Waals surface area contributed by atoms with Gasteiger partial charge in [0.2, 0.25) is 0 Å². The van der Waals surface area contributed by atoms with E-state index in [-0.39, 0.29) is 0 Å². The zero-order chi connectivity index (χ0) is 12.2. The maximum Gasteiger partial charge on any atom is 0.00701 e. The smallest absolute Gasteiger partial charge is 0.00701 e. The quantitative estimate of drug-likeness (QED) is 0.613. The molecule has 1 aliphatic rings. The van der Waals surface area contributed by atoms with E-state index in [1.54, 1.807) is 0 Å². The normalized spacial score (nSPS) is 32.1. The summed E-state index contributed by atoms with van der Waals surface area (Å²) in [6, 6.07) is 0.671. The van der Waals surface area contributed by atoms with E-state index in [1.165, 1.54) is 25.7 Å². The van der Waals surface area contributed by atoms with Crippen LogP contribution >= 0.6 is 0 Å². The lowest BCUT2D eigenvalue weighted by Crippen LogP contribution is -2.32. The fourth-order valence-corrected chi connectivity index (χ4v) is 3.34. The summed E-state index contributed by atoms with van der Waals surface area (Å²) in [6.45, 7) is 14.4. The van der Waals surface area contributed by atoms with Gasteiger partial charge in [0.25, 0.3) is 0 Å². The average Bonchev–Trinajstić information content (AvgIpc) is 2.96. The SMILES string of the molecule is C=CC(CC(CC)NCC)C1(CC)CC1C. The van der Waals surface area contributed by atoms with Crippen LogP contribution in [0.15, 0.2) is 12.7 Å². The summed E-state index contributed by atoms with van der Waals surface area (Å²) in [5.41, 5.74) is 0.588. The zero-order valence-corrected chi connectivity index (χ0v) is 11.6. The van der Waals surface area contributed by atoms with E-state index in [1.807, 2.05) is 0 Å². The number of hydrogen-bond donors (Lipinski definition) is 1. The number of rotatable bonds is 8. The van der Waals surface area contributed by atoms with Gasteiger partial charge in [-0.2, -0.15) is 0 Å². The van der Waals surface area contributed by atoms with Crippen LogP contribution in [0.4, 0.5) is 0 Å². The van der Waals surface area contributed by atoms with E-state index < -0.39 is 0 Å². The highest BCUT2D eigenvalue weighted by molar-refractivity contribution is 5.08. The zero-order valence-electron chi connectivity index (χ0n) is 11.6. The fraction of sp³-hybridized carbons (Fsp3) is 0.867. The molecule has 0 aromatic rings. The average molecular weight is 223 g/mol. The Morgan fingerprint density at radius 1 is 1.44 bits per heavy atom. The van der Waals surface area contributed by atoms with Crippen LogP contribution in [0, 0.1) is 17.3 Å². The Morgan fingerprint density at radius 3 is 2.38 bits per heavy atom. The van der Waals surface area contributed by atoms with Crippen molar-refractivity contribution in [2.45, 2.75) is 59.4 Å². The molecule has 1 nitrogen and oxygen atoms in total. The molecule has 0 aromatic heterocycles. The molecule has 0 aliphatic heterocycles. The van der Waals surface area contributed by atoms with Gasteiger partial charge in [-0.1, -0.05) is 33.8 Å². The summed E-state index contributed by atoms with van der Waals surface area (Å²) in [4.78, 5) is 0. The highest BCUT2D eigenvalue weighted by Gasteiger charge is 2.53. The van der Waals surface area contributed by atoms with Crippen molar-refractivity contribution in [1.29, 1.82) is 0 Å². The van der Waals surface area contributed by atoms with E-state index in [0.29, 0.717) is 17.4 Å². The van der Waals surface area contributed by atoms with Gasteiger partial charge in [-0.25, -0.2) is 0 Å². The minimum atomic E-state index is 0.588. The first-order chi connectivity index (χ1) is 7.64. The minimum Gasteiger partial charge on any atom is -0.314 e. The topological polar surface area (TPSA) is 12.0 Å². The molecule has 4 atom stereocenters. The van der Waals surface area contributed by atoms with Crippen LogP contribution in [-0.2, 0) is 0 Å². The van der Waals surface area contributed by atoms with Gasteiger partial charge in [-0.05, 0) is 49.5 Å². The third-order valence-corrected chi connectivity index (χ3v) is 4.71. The van der Waals surface area contributed by atoms with Crippen LogP contribution < -0.4 is 5.32 Å². The number of hydrogen-bond acceptors (Lipinski definition) is 1. The molecule has 0 spiro atoms. The van der Waals surface area contributed by atoms with Gasteiger partial charge in [0.05, 0.1) is 0 Å². The van der Waals surface area contributed by atoms with Crippen LogP contribution in [0.2, 0.25) is 0 Å². The van der Waals surface area contributed by atoms with Crippen molar-refractivity contribution in [3.8, 4) is 0 Å². The summed E-state index contributed by atoms with van der Waals surface area (Å²) in [7, 11) is 0.